The Bertz CT molecular complexity index is 929. The molecular weight excluding hydrogens is 352 g/mol. The van der Waals surface area contributed by atoms with Crippen LogP contribution in [0.15, 0.2) is 42.5 Å². The first-order valence-corrected chi connectivity index (χ1v) is 8.79. The van der Waals surface area contributed by atoms with Crippen LogP contribution in [0.5, 0.6) is 0 Å². The van der Waals surface area contributed by atoms with Crippen LogP contribution in [0.3, 0.4) is 0 Å². The van der Waals surface area contributed by atoms with Crippen molar-refractivity contribution in [3.8, 4) is 0 Å². The monoisotopic (exact) mass is 366 g/mol. The Kier molecular flexibility index (Phi) is 5.17. The van der Waals surface area contributed by atoms with Crippen molar-refractivity contribution in [2.24, 2.45) is 0 Å². The molecule has 0 unspecified atom stereocenters. The van der Waals surface area contributed by atoms with Crippen molar-refractivity contribution in [1.82, 2.24) is 0 Å². The molecule has 0 aliphatic carbocycles. The van der Waals surface area contributed by atoms with E-state index in [4.69, 9.17) is 0 Å². The fourth-order valence-electron chi connectivity index (χ4n) is 2.10. The van der Waals surface area contributed by atoms with Gasteiger partial charge in [0.1, 0.15) is 5.69 Å². The maximum absolute atomic E-state index is 11.4. The summed E-state index contributed by atoms with van der Waals surface area (Å²) < 4.78 is 25.1. The molecular formula is C14H14N4O6S. The molecule has 0 saturated carbocycles. The van der Waals surface area contributed by atoms with E-state index in [9.17, 15) is 28.6 Å². The van der Waals surface area contributed by atoms with E-state index in [-0.39, 0.29) is 12.2 Å². The number of nitro benzene ring substituents is 2. The third-order valence-corrected chi connectivity index (χ3v) is 3.76. The van der Waals surface area contributed by atoms with E-state index in [1.807, 2.05) is 0 Å². The predicted molar refractivity (Wildman–Crippen MR) is 92.0 cm³/mol. The lowest BCUT2D eigenvalue weighted by molar-refractivity contribution is -0.393. The zero-order valence-electron chi connectivity index (χ0n) is 13.0. The molecule has 0 bridgehead atoms. The fraction of sp³-hybridized carbons (Fsp3) is 0.143. The molecule has 0 aliphatic heterocycles. The first kappa shape index (κ1) is 18.1. The number of rotatable bonds is 7. The summed E-state index contributed by atoms with van der Waals surface area (Å²) >= 11 is 0. The largest absolute Gasteiger partial charge is 0.375 e. The van der Waals surface area contributed by atoms with E-state index >= 15 is 0 Å². The number of nitrogens with one attached hydrogen (secondary N) is 2. The van der Waals surface area contributed by atoms with Crippen LogP contribution in [0.1, 0.15) is 5.56 Å². The minimum atomic E-state index is -3.48. The number of hydrogen-bond donors (Lipinski definition) is 2. The quantitative estimate of drug-likeness (QED) is 0.565. The van der Waals surface area contributed by atoms with Crippen molar-refractivity contribution in [3.05, 3.63) is 68.3 Å². The lowest BCUT2D eigenvalue weighted by atomic mass is 10.1. The zero-order valence-corrected chi connectivity index (χ0v) is 13.8. The Morgan fingerprint density at radius 3 is 2.28 bits per heavy atom. The van der Waals surface area contributed by atoms with Gasteiger partial charge in [-0.05, 0) is 17.7 Å². The van der Waals surface area contributed by atoms with Gasteiger partial charge in [-0.2, -0.15) is 0 Å². The number of para-hydroxylation sites is 1. The Balaban J connectivity index is 2.28. The van der Waals surface area contributed by atoms with Crippen molar-refractivity contribution < 1.29 is 18.3 Å². The average Bonchev–Trinajstić information content (AvgIpc) is 2.52. The molecule has 0 atom stereocenters. The summed E-state index contributed by atoms with van der Waals surface area (Å²) in [6, 6.07) is 9.79. The van der Waals surface area contributed by atoms with Crippen LogP contribution in [-0.2, 0) is 16.6 Å². The molecule has 25 heavy (non-hydrogen) atoms. The zero-order chi connectivity index (χ0) is 18.6. The van der Waals surface area contributed by atoms with Gasteiger partial charge in [-0.25, -0.2) is 8.42 Å². The van der Waals surface area contributed by atoms with Gasteiger partial charge in [-0.1, -0.05) is 18.2 Å². The van der Waals surface area contributed by atoms with Gasteiger partial charge in [0.05, 0.1) is 27.9 Å². The number of sulfonamides is 1. The van der Waals surface area contributed by atoms with E-state index < -0.39 is 31.2 Å². The van der Waals surface area contributed by atoms with Crippen molar-refractivity contribution in [2.75, 3.05) is 16.3 Å². The average molecular weight is 366 g/mol. The summed E-state index contributed by atoms with van der Waals surface area (Å²) in [4.78, 5) is 20.4. The maximum Gasteiger partial charge on any atom is 0.299 e. The van der Waals surface area contributed by atoms with Crippen molar-refractivity contribution >= 4 is 32.8 Å². The van der Waals surface area contributed by atoms with Crippen LogP contribution in [0.25, 0.3) is 0 Å². The Morgan fingerprint density at radius 1 is 1.00 bits per heavy atom. The van der Waals surface area contributed by atoms with Crippen molar-refractivity contribution in [1.29, 1.82) is 0 Å². The molecule has 2 aromatic carbocycles. The van der Waals surface area contributed by atoms with E-state index in [1.54, 1.807) is 24.3 Å². The summed E-state index contributed by atoms with van der Waals surface area (Å²) in [6.07, 6.45) is 1.01. The Hall–Kier alpha value is -3.21. The predicted octanol–water partition coefficient (Wildman–Crippen LogP) is 2.49. The van der Waals surface area contributed by atoms with Gasteiger partial charge in [0.15, 0.2) is 0 Å². The first-order chi connectivity index (χ1) is 11.7. The van der Waals surface area contributed by atoms with Crippen LogP contribution in [0, 0.1) is 20.2 Å². The summed E-state index contributed by atoms with van der Waals surface area (Å²) in [6.45, 7) is 0.0807. The van der Waals surface area contributed by atoms with Crippen LogP contribution >= 0.6 is 0 Å². The summed E-state index contributed by atoms with van der Waals surface area (Å²) in [5.74, 6) is 0. The third kappa shape index (κ3) is 4.88. The molecule has 2 rings (SSSR count). The van der Waals surface area contributed by atoms with Gasteiger partial charge >= 0.3 is 0 Å². The Labute approximate surface area is 142 Å². The van der Waals surface area contributed by atoms with E-state index in [0.717, 1.165) is 18.4 Å². The number of non-ortho nitro benzene ring substituents is 1. The van der Waals surface area contributed by atoms with Crippen molar-refractivity contribution in [3.63, 3.8) is 0 Å². The van der Waals surface area contributed by atoms with Crippen LogP contribution in [0.4, 0.5) is 22.7 Å². The summed E-state index contributed by atoms with van der Waals surface area (Å²) in [5.41, 5.74) is 0.145. The maximum atomic E-state index is 11.4. The summed E-state index contributed by atoms with van der Waals surface area (Å²) in [7, 11) is -3.48. The molecule has 0 aromatic heterocycles. The molecule has 0 fully saturated rings. The lowest BCUT2D eigenvalue weighted by Crippen LogP contribution is -2.12. The second kappa shape index (κ2) is 7.13. The molecule has 0 amide bonds. The fourth-order valence-corrected chi connectivity index (χ4v) is 2.70. The van der Waals surface area contributed by atoms with Gasteiger partial charge in [-0.15, -0.1) is 0 Å². The number of nitrogens with zero attached hydrogens (tertiary/aromatic N) is 2. The van der Waals surface area contributed by atoms with Crippen LogP contribution < -0.4 is 10.0 Å². The summed E-state index contributed by atoms with van der Waals surface area (Å²) in [5, 5.41) is 24.7. The molecule has 132 valence electrons. The number of benzene rings is 2. The highest BCUT2D eigenvalue weighted by Crippen LogP contribution is 2.29. The van der Waals surface area contributed by atoms with Gasteiger partial charge in [-0.3, -0.25) is 25.0 Å². The minimum Gasteiger partial charge on any atom is -0.375 e. The molecule has 2 aromatic rings. The van der Waals surface area contributed by atoms with Gasteiger partial charge < -0.3 is 5.32 Å². The minimum absolute atomic E-state index is 0.0807. The molecule has 10 nitrogen and oxygen atoms in total. The molecule has 0 aliphatic rings. The number of nitro groups is 2. The Morgan fingerprint density at radius 2 is 1.68 bits per heavy atom. The molecule has 2 N–H and O–H groups in total. The molecule has 0 spiro atoms. The molecule has 0 radical (unpaired) electrons. The van der Waals surface area contributed by atoms with E-state index in [0.29, 0.717) is 11.3 Å². The highest BCUT2D eigenvalue weighted by Gasteiger charge is 2.19. The normalized spacial score (nSPS) is 10.9. The number of anilines is 2. The lowest BCUT2D eigenvalue weighted by Gasteiger charge is -2.12. The van der Waals surface area contributed by atoms with Crippen molar-refractivity contribution in [2.45, 2.75) is 6.54 Å². The van der Waals surface area contributed by atoms with Gasteiger partial charge in [0.2, 0.25) is 10.0 Å². The second-order valence-electron chi connectivity index (χ2n) is 5.10. The topological polar surface area (TPSA) is 144 Å². The van der Waals surface area contributed by atoms with Gasteiger partial charge in [0, 0.05) is 12.6 Å². The molecule has 0 saturated heterocycles. The van der Waals surface area contributed by atoms with Gasteiger partial charge in [0.25, 0.3) is 11.4 Å². The molecule has 11 heteroatoms. The SMILES string of the molecule is CS(=O)(=O)Nc1ccccc1CNc1ccc([N+](=O)[O-])cc1[N+](=O)[O-]. The first-order valence-electron chi connectivity index (χ1n) is 6.90. The number of hydrogen-bond acceptors (Lipinski definition) is 7. The highest BCUT2D eigenvalue weighted by molar-refractivity contribution is 7.92. The van der Waals surface area contributed by atoms with Crippen LogP contribution in [-0.4, -0.2) is 24.5 Å². The third-order valence-electron chi connectivity index (χ3n) is 3.17. The molecule has 0 heterocycles. The van der Waals surface area contributed by atoms with Crippen LogP contribution in [0.2, 0.25) is 0 Å². The highest BCUT2D eigenvalue weighted by atomic mass is 32.2. The standard InChI is InChI=1S/C14H14N4O6S/c1-25(23,24)16-12-5-3-2-4-10(12)9-15-13-7-6-11(17(19)20)8-14(13)18(21)22/h2-8,15-16H,9H2,1H3. The van der Waals surface area contributed by atoms with E-state index in [2.05, 4.69) is 10.0 Å². The smallest absolute Gasteiger partial charge is 0.299 e. The van der Waals surface area contributed by atoms with E-state index in [1.165, 1.54) is 6.07 Å². The second-order valence-corrected chi connectivity index (χ2v) is 6.85.